The maximum Gasteiger partial charge on any atom is 0.278 e. The number of nitrogens with one attached hydrogen (secondary N) is 3. The molecule has 1 aliphatic carbocycles. The maximum atomic E-state index is 13.4. The molecule has 4 aliphatic rings. The van der Waals surface area contributed by atoms with E-state index in [1.807, 2.05) is 24.3 Å². The number of amides is 4. The number of unbranched alkanes of at least 4 members (excludes halogenated alkanes) is 3. The minimum atomic E-state index is -0.985. The van der Waals surface area contributed by atoms with Crippen LogP contribution < -0.4 is 26.4 Å². The van der Waals surface area contributed by atoms with Gasteiger partial charge in [-0.15, -0.1) is 6.58 Å². The van der Waals surface area contributed by atoms with Crippen LogP contribution in [0.5, 0.6) is 0 Å². The molecule has 6 heterocycles. The van der Waals surface area contributed by atoms with Crippen LogP contribution >= 0.6 is 0 Å². The number of piperazine rings is 1. The van der Waals surface area contributed by atoms with Gasteiger partial charge >= 0.3 is 0 Å². The number of aliphatic hydroxyl groups is 1. The minimum absolute atomic E-state index is 0.0845. The second kappa shape index (κ2) is 17.3. The van der Waals surface area contributed by atoms with Crippen molar-refractivity contribution in [1.82, 2.24) is 39.4 Å². The van der Waals surface area contributed by atoms with E-state index in [-0.39, 0.29) is 36.1 Å². The molecular weight excluding hydrogens is 791 g/mol. The van der Waals surface area contributed by atoms with E-state index >= 15 is 0 Å². The number of nitrogens with zero attached hydrogens (tertiary/aromatic N) is 8. The summed E-state index contributed by atoms with van der Waals surface area (Å²) in [6, 6.07) is 16.1. The van der Waals surface area contributed by atoms with Crippen molar-refractivity contribution in [3.05, 3.63) is 106 Å². The maximum absolute atomic E-state index is 13.4. The number of benzene rings is 2. The molecule has 0 bridgehead atoms. The van der Waals surface area contributed by atoms with Gasteiger partial charge in [-0.1, -0.05) is 31.1 Å². The van der Waals surface area contributed by atoms with Crippen molar-refractivity contribution >= 4 is 57.7 Å². The molecule has 0 radical (unpaired) electrons. The predicted molar refractivity (Wildman–Crippen MR) is 233 cm³/mol. The highest BCUT2D eigenvalue weighted by atomic mass is 16.3. The van der Waals surface area contributed by atoms with Crippen LogP contribution in [0.15, 0.2) is 78.2 Å². The van der Waals surface area contributed by atoms with Crippen LogP contribution in [0.3, 0.4) is 0 Å². The number of carbonyl (C=O) groups is 4. The first-order valence-corrected chi connectivity index (χ1v) is 21.4. The van der Waals surface area contributed by atoms with Crippen molar-refractivity contribution in [1.29, 1.82) is 0 Å². The molecule has 3 aliphatic heterocycles. The van der Waals surface area contributed by atoms with E-state index in [4.69, 9.17) is 9.97 Å². The minimum Gasteiger partial charge on any atom is -0.387 e. The van der Waals surface area contributed by atoms with Gasteiger partial charge in [0.15, 0.2) is 11.5 Å². The number of hydrogen-bond acceptors (Lipinski definition) is 13. The number of piperidine rings is 1. The number of pyridine rings is 1. The Kier molecular flexibility index (Phi) is 11.4. The molecule has 2 fully saturated rings. The van der Waals surface area contributed by atoms with Crippen molar-refractivity contribution in [2.24, 2.45) is 0 Å². The Balaban J connectivity index is 0.729. The average molecular weight is 840 g/mol. The van der Waals surface area contributed by atoms with Crippen molar-refractivity contribution < 1.29 is 24.3 Å². The van der Waals surface area contributed by atoms with E-state index in [1.165, 1.54) is 10.9 Å². The lowest BCUT2D eigenvalue weighted by Crippen LogP contribution is -2.54. The Hall–Kier alpha value is -6.72. The number of allylic oxidation sites excluding steroid dienone is 1. The van der Waals surface area contributed by atoms with Gasteiger partial charge in [0, 0.05) is 62.4 Å². The van der Waals surface area contributed by atoms with E-state index in [1.54, 1.807) is 29.0 Å². The van der Waals surface area contributed by atoms with Gasteiger partial charge in [0.1, 0.15) is 11.4 Å². The Labute approximate surface area is 357 Å². The highest BCUT2D eigenvalue weighted by Gasteiger charge is 2.45. The third kappa shape index (κ3) is 7.84. The van der Waals surface area contributed by atoms with Crippen LogP contribution in [0.25, 0.3) is 16.9 Å². The number of carbonyl (C=O) groups excluding carboxylic acids is 4. The van der Waals surface area contributed by atoms with Crippen LogP contribution in [0.2, 0.25) is 0 Å². The molecule has 4 amide bonds. The van der Waals surface area contributed by atoms with E-state index < -0.39 is 35.8 Å². The molecule has 4 N–H and O–H groups in total. The average Bonchev–Trinajstić information content (AvgIpc) is 3.88. The van der Waals surface area contributed by atoms with Gasteiger partial charge in [0.25, 0.3) is 17.4 Å². The Morgan fingerprint density at radius 3 is 2.47 bits per heavy atom. The first-order valence-electron chi connectivity index (χ1n) is 21.4. The Bertz CT molecular complexity index is 2630. The van der Waals surface area contributed by atoms with Crippen LogP contribution in [-0.4, -0.2) is 108 Å². The number of aromatic nitrogens is 5. The summed E-state index contributed by atoms with van der Waals surface area (Å²) in [5.74, 6) is -1.19. The van der Waals surface area contributed by atoms with Crippen LogP contribution in [-0.2, 0) is 22.6 Å². The Morgan fingerprint density at radius 2 is 1.68 bits per heavy atom. The normalized spacial score (nSPS) is 18.9. The fourth-order valence-corrected chi connectivity index (χ4v) is 8.96. The summed E-state index contributed by atoms with van der Waals surface area (Å²) < 4.78 is 3.20. The van der Waals surface area contributed by atoms with Crippen LogP contribution in [0.4, 0.5) is 23.0 Å². The van der Waals surface area contributed by atoms with Crippen molar-refractivity contribution in [2.75, 3.05) is 54.8 Å². The lowest BCUT2D eigenvalue weighted by molar-refractivity contribution is -0.136. The monoisotopic (exact) mass is 839 g/mol. The number of aliphatic hydroxyl groups excluding tert-OH is 1. The van der Waals surface area contributed by atoms with E-state index in [0.29, 0.717) is 47.1 Å². The van der Waals surface area contributed by atoms with E-state index in [9.17, 15) is 29.1 Å². The number of rotatable bonds is 15. The van der Waals surface area contributed by atoms with Gasteiger partial charge in [-0.25, -0.2) is 19.3 Å². The van der Waals surface area contributed by atoms with Crippen molar-refractivity contribution in [3.8, 4) is 5.82 Å². The first kappa shape index (κ1) is 40.7. The number of fused-ring (bicyclic) bond motifs is 3. The lowest BCUT2D eigenvalue weighted by Gasteiger charge is -2.36. The highest BCUT2D eigenvalue weighted by molar-refractivity contribution is 6.25. The smallest absolute Gasteiger partial charge is 0.278 e. The lowest BCUT2D eigenvalue weighted by atomic mass is 10.0. The van der Waals surface area contributed by atoms with Gasteiger partial charge in [-0.05, 0) is 86.7 Å². The fourth-order valence-electron chi connectivity index (χ4n) is 8.96. The molecule has 62 heavy (non-hydrogen) atoms. The summed E-state index contributed by atoms with van der Waals surface area (Å²) in [6.07, 6.45) is 8.24. The molecule has 2 atom stereocenters. The van der Waals surface area contributed by atoms with Crippen LogP contribution in [0, 0.1) is 0 Å². The molecule has 3 aromatic heterocycles. The highest BCUT2D eigenvalue weighted by Crippen LogP contribution is 2.33. The molecule has 17 nitrogen and oxygen atoms in total. The summed E-state index contributed by atoms with van der Waals surface area (Å²) in [6.45, 7) is 9.56. The molecule has 0 spiro atoms. The number of hydrogen-bond donors (Lipinski definition) is 4. The van der Waals surface area contributed by atoms with E-state index in [0.717, 1.165) is 86.7 Å². The predicted octanol–water partition coefficient (Wildman–Crippen LogP) is 4.08. The van der Waals surface area contributed by atoms with Gasteiger partial charge in [0.2, 0.25) is 17.8 Å². The number of aryl methyl sites for hydroxylation is 1. The molecule has 0 saturated carbocycles. The summed E-state index contributed by atoms with van der Waals surface area (Å²) in [5, 5.41) is 19.7. The zero-order chi connectivity index (χ0) is 42.9. The number of imide groups is 2. The fraction of sp³-hybridized carbons (Fsp3) is 0.378. The van der Waals surface area contributed by atoms with Crippen molar-refractivity contribution in [2.45, 2.75) is 70.1 Å². The van der Waals surface area contributed by atoms with Gasteiger partial charge in [0.05, 0.1) is 29.5 Å². The van der Waals surface area contributed by atoms with Gasteiger partial charge in [-0.3, -0.25) is 39.1 Å². The summed E-state index contributed by atoms with van der Waals surface area (Å²) in [7, 11) is 0. The number of anilines is 4. The quantitative estimate of drug-likeness (QED) is 0.0669. The van der Waals surface area contributed by atoms with Gasteiger partial charge < -0.3 is 20.6 Å². The van der Waals surface area contributed by atoms with Crippen molar-refractivity contribution in [3.63, 3.8) is 0 Å². The SMILES string of the molecule is C=CCn1c(=O)c2cnc(Nc3ccc(N4CCN(CCCCCCNc5cccc6c5C(=O)N(C5CCC(=O)NC5=O)C6=O)CC4)cc3)nc2n1-c1ccc2c(n1)C(O)CC2. The molecule has 2 saturated heterocycles. The second-order valence-corrected chi connectivity index (χ2v) is 16.2. The third-order valence-corrected chi connectivity index (χ3v) is 12.2. The summed E-state index contributed by atoms with van der Waals surface area (Å²) in [4.78, 5) is 83.8. The van der Waals surface area contributed by atoms with Gasteiger partial charge in [-0.2, -0.15) is 4.98 Å². The molecule has 320 valence electrons. The largest absolute Gasteiger partial charge is 0.387 e. The molecule has 9 rings (SSSR count). The Morgan fingerprint density at radius 1 is 0.871 bits per heavy atom. The molecule has 17 heteroatoms. The third-order valence-electron chi connectivity index (χ3n) is 12.2. The summed E-state index contributed by atoms with van der Waals surface area (Å²) in [5.41, 5.74) is 4.89. The standard InChI is InChI=1S/C45H49N11O6/c1-2-21-54-42(60)32-27-47-45(51-40(32)56(54)36-18-11-28-10-17-35(57)39(28)49-36)48-29-12-14-30(15-13-29)53-25-23-52(24-26-53)22-6-4-3-5-20-46-33-9-7-8-31-38(33)44(62)55(43(31)61)34-16-19-37(58)50-41(34)59/h2,7-9,11-15,18,27,34-35,46,57H,1,3-6,10,16-17,19-26H2,(H,47,48,51)(H,50,58,59). The molecular formula is C45H49N11O6. The van der Waals surface area contributed by atoms with E-state index in [2.05, 4.69) is 49.4 Å². The van der Waals surface area contributed by atoms with Crippen LogP contribution in [0.1, 0.15) is 83.0 Å². The zero-order valence-electron chi connectivity index (χ0n) is 34.4. The molecule has 2 unspecified atom stereocenters. The first-order chi connectivity index (χ1) is 30.2. The topological polar surface area (TPSA) is 200 Å². The molecule has 5 aromatic rings. The summed E-state index contributed by atoms with van der Waals surface area (Å²) >= 11 is 0. The zero-order valence-corrected chi connectivity index (χ0v) is 34.4. The second-order valence-electron chi connectivity index (χ2n) is 16.2. The molecule has 2 aromatic carbocycles.